The summed E-state index contributed by atoms with van der Waals surface area (Å²) >= 11 is 5.72. The lowest BCUT2D eigenvalue weighted by Crippen LogP contribution is -2.04. The van der Waals surface area contributed by atoms with Crippen LogP contribution in [0.15, 0.2) is 36.4 Å². The van der Waals surface area contributed by atoms with Gasteiger partial charge in [-0.2, -0.15) is 13.2 Å². The first-order valence-electron chi connectivity index (χ1n) is 5.53. The first-order chi connectivity index (χ1) is 9.32. The van der Waals surface area contributed by atoms with Crippen LogP contribution in [-0.2, 0) is 6.18 Å². The van der Waals surface area contributed by atoms with Crippen LogP contribution in [0.3, 0.4) is 0 Å². The molecule has 0 fully saturated rings. The number of alkyl halides is 3. The molecule has 0 aromatic heterocycles. The number of methoxy groups -OCH3 is 1. The Kier molecular flexibility index (Phi) is 3.90. The summed E-state index contributed by atoms with van der Waals surface area (Å²) in [6.45, 7) is 0. The Morgan fingerprint density at radius 1 is 1.00 bits per heavy atom. The van der Waals surface area contributed by atoms with Crippen molar-refractivity contribution in [1.29, 1.82) is 0 Å². The topological polar surface area (TPSA) is 9.23 Å². The first-order valence-corrected chi connectivity index (χ1v) is 5.91. The summed E-state index contributed by atoms with van der Waals surface area (Å²) < 4.78 is 55.7. The van der Waals surface area contributed by atoms with E-state index in [1.165, 1.54) is 31.4 Å². The number of benzene rings is 2. The van der Waals surface area contributed by atoms with Crippen LogP contribution in [0.4, 0.5) is 17.6 Å². The third kappa shape index (κ3) is 2.88. The van der Waals surface area contributed by atoms with E-state index in [0.717, 1.165) is 12.1 Å². The van der Waals surface area contributed by atoms with Gasteiger partial charge in [0.25, 0.3) is 0 Å². The fraction of sp³-hybridized carbons (Fsp3) is 0.143. The molecule has 0 N–H and O–H groups in total. The lowest BCUT2D eigenvalue weighted by Gasteiger charge is -2.10. The van der Waals surface area contributed by atoms with Crippen molar-refractivity contribution in [2.45, 2.75) is 6.18 Å². The molecule has 106 valence electrons. The zero-order chi connectivity index (χ0) is 14.9. The molecule has 0 amide bonds. The van der Waals surface area contributed by atoms with Crippen molar-refractivity contribution in [2.75, 3.05) is 7.11 Å². The predicted molar refractivity (Wildman–Crippen MR) is 68.4 cm³/mol. The van der Waals surface area contributed by atoms with Gasteiger partial charge in [0.15, 0.2) is 11.6 Å². The lowest BCUT2D eigenvalue weighted by atomic mass is 10.0. The Morgan fingerprint density at radius 2 is 1.60 bits per heavy atom. The molecule has 1 nitrogen and oxygen atoms in total. The molecule has 0 aliphatic heterocycles. The third-order valence-corrected chi connectivity index (χ3v) is 3.04. The zero-order valence-corrected chi connectivity index (χ0v) is 11.0. The van der Waals surface area contributed by atoms with E-state index in [1.54, 1.807) is 0 Å². The predicted octanol–water partition coefficient (Wildman–Crippen LogP) is 5.17. The maximum absolute atomic E-state index is 13.5. The second-order valence-corrected chi connectivity index (χ2v) is 4.46. The van der Waals surface area contributed by atoms with Gasteiger partial charge in [0, 0.05) is 0 Å². The normalized spacial score (nSPS) is 11.5. The quantitative estimate of drug-likeness (QED) is 0.695. The van der Waals surface area contributed by atoms with E-state index in [9.17, 15) is 17.6 Å². The molecule has 2 aromatic rings. The first kappa shape index (κ1) is 14.7. The van der Waals surface area contributed by atoms with Crippen LogP contribution in [0.1, 0.15) is 5.56 Å². The maximum Gasteiger partial charge on any atom is 0.416 e. The average Bonchev–Trinajstić information content (AvgIpc) is 2.41. The highest BCUT2D eigenvalue weighted by molar-refractivity contribution is 6.31. The number of ether oxygens (including phenoxy) is 1. The molecule has 0 aliphatic rings. The van der Waals surface area contributed by atoms with Gasteiger partial charge in [-0.1, -0.05) is 23.7 Å². The molecule has 0 unspecified atom stereocenters. The molecule has 2 rings (SSSR count). The molecular formula is C14H9ClF4O. The Hall–Kier alpha value is -1.75. The summed E-state index contributed by atoms with van der Waals surface area (Å²) in [5.74, 6) is -0.766. The van der Waals surface area contributed by atoms with Gasteiger partial charge in [0.05, 0.1) is 17.7 Å². The van der Waals surface area contributed by atoms with Gasteiger partial charge in [-0.15, -0.1) is 0 Å². The fourth-order valence-electron chi connectivity index (χ4n) is 1.73. The number of hydrogen-bond acceptors (Lipinski definition) is 1. The van der Waals surface area contributed by atoms with Crippen LogP contribution in [0.5, 0.6) is 5.75 Å². The van der Waals surface area contributed by atoms with Crippen molar-refractivity contribution in [3.05, 3.63) is 52.8 Å². The summed E-state index contributed by atoms with van der Waals surface area (Å²) in [6, 6.07) is 7.22. The van der Waals surface area contributed by atoms with Gasteiger partial charge in [-0.3, -0.25) is 0 Å². The molecule has 0 spiro atoms. The van der Waals surface area contributed by atoms with Crippen molar-refractivity contribution in [1.82, 2.24) is 0 Å². The van der Waals surface area contributed by atoms with Crippen LogP contribution in [0, 0.1) is 5.82 Å². The molecular weight excluding hydrogens is 296 g/mol. The SMILES string of the molecule is COc1cc(-c2ccc(C(F)(F)F)cc2)cc(Cl)c1F. The van der Waals surface area contributed by atoms with Crippen molar-refractivity contribution < 1.29 is 22.3 Å². The van der Waals surface area contributed by atoms with Gasteiger partial charge >= 0.3 is 6.18 Å². The van der Waals surface area contributed by atoms with Gasteiger partial charge in [-0.25, -0.2) is 4.39 Å². The van der Waals surface area contributed by atoms with Crippen LogP contribution in [-0.4, -0.2) is 7.11 Å². The number of hydrogen-bond donors (Lipinski definition) is 0. The monoisotopic (exact) mass is 304 g/mol. The zero-order valence-electron chi connectivity index (χ0n) is 10.3. The molecule has 0 bridgehead atoms. The summed E-state index contributed by atoms with van der Waals surface area (Å²) in [7, 11) is 1.28. The van der Waals surface area contributed by atoms with E-state index >= 15 is 0 Å². The van der Waals surface area contributed by atoms with Crippen LogP contribution >= 0.6 is 11.6 Å². The minimum absolute atomic E-state index is 0.0626. The molecule has 20 heavy (non-hydrogen) atoms. The standard InChI is InChI=1S/C14H9ClF4O/c1-20-12-7-9(6-11(15)13(12)16)8-2-4-10(5-3-8)14(17,18)19/h2-7H,1H3. The molecule has 0 radical (unpaired) electrons. The molecule has 0 saturated carbocycles. The van der Waals surface area contributed by atoms with Gasteiger partial charge < -0.3 is 4.74 Å². The Morgan fingerprint density at radius 3 is 2.10 bits per heavy atom. The highest BCUT2D eigenvalue weighted by Gasteiger charge is 2.30. The van der Waals surface area contributed by atoms with Gasteiger partial charge in [-0.05, 0) is 35.4 Å². The molecule has 0 saturated heterocycles. The van der Waals surface area contributed by atoms with Gasteiger partial charge in [0.1, 0.15) is 0 Å². The second kappa shape index (κ2) is 5.32. The van der Waals surface area contributed by atoms with Gasteiger partial charge in [0.2, 0.25) is 0 Å². The minimum atomic E-state index is -4.39. The highest BCUT2D eigenvalue weighted by atomic mass is 35.5. The molecule has 2 aromatic carbocycles. The molecule has 6 heteroatoms. The highest BCUT2D eigenvalue weighted by Crippen LogP contribution is 2.34. The Balaban J connectivity index is 2.44. The minimum Gasteiger partial charge on any atom is -0.494 e. The number of rotatable bonds is 2. The van der Waals surface area contributed by atoms with Crippen molar-refractivity contribution >= 4 is 11.6 Å². The second-order valence-electron chi connectivity index (χ2n) is 4.05. The van der Waals surface area contributed by atoms with E-state index in [-0.39, 0.29) is 10.8 Å². The van der Waals surface area contributed by atoms with Crippen molar-refractivity contribution in [2.24, 2.45) is 0 Å². The van der Waals surface area contributed by atoms with E-state index < -0.39 is 17.6 Å². The molecule has 0 aliphatic carbocycles. The maximum atomic E-state index is 13.5. The fourth-order valence-corrected chi connectivity index (χ4v) is 1.94. The van der Waals surface area contributed by atoms with E-state index in [2.05, 4.69) is 0 Å². The molecule has 0 heterocycles. The van der Waals surface area contributed by atoms with Crippen LogP contribution in [0.2, 0.25) is 5.02 Å². The summed E-state index contributed by atoms with van der Waals surface area (Å²) in [5, 5.41) is -0.153. The van der Waals surface area contributed by atoms with Crippen LogP contribution < -0.4 is 4.74 Å². The summed E-state index contributed by atoms with van der Waals surface area (Å²) in [6.07, 6.45) is -4.39. The van der Waals surface area contributed by atoms with E-state index in [0.29, 0.717) is 11.1 Å². The Bertz CT molecular complexity index is 620. The van der Waals surface area contributed by atoms with Crippen LogP contribution in [0.25, 0.3) is 11.1 Å². The average molecular weight is 305 g/mol. The smallest absolute Gasteiger partial charge is 0.416 e. The Labute approximate surface area is 117 Å². The molecule has 0 atom stereocenters. The van der Waals surface area contributed by atoms with E-state index in [4.69, 9.17) is 16.3 Å². The van der Waals surface area contributed by atoms with Crippen molar-refractivity contribution in [3.63, 3.8) is 0 Å². The number of halogens is 5. The van der Waals surface area contributed by atoms with E-state index in [1.807, 2.05) is 0 Å². The van der Waals surface area contributed by atoms with Crippen molar-refractivity contribution in [3.8, 4) is 16.9 Å². The third-order valence-electron chi connectivity index (χ3n) is 2.76. The largest absolute Gasteiger partial charge is 0.494 e. The lowest BCUT2D eigenvalue weighted by molar-refractivity contribution is -0.137. The summed E-state index contributed by atoms with van der Waals surface area (Å²) in [4.78, 5) is 0. The summed E-state index contributed by atoms with van der Waals surface area (Å²) in [5.41, 5.74) is 0.210.